The van der Waals surface area contributed by atoms with Crippen LogP contribution in [0.4, 0.5) is 0 Å². The Hall–Kier alpha value is -1.08. The normalized spacial score (nSPS) is 30.0. The lowest BCUT2D eigenvalue weighted by Crippen LogP contribution is -2.65. The third-order valence-electron chi connectivity index (χ3n) is 8.82. The number of hydrogen-bond donors (Lipinski definition) is 2. The Kier molecular flexibility index (Phi) is 9.53. The van der Waals surface area contributed by atoms with Crippen LogP contribution < -0.4 is 10.6 Å². The Morgan fingerprint density at radius 3 is 2.32 bits per heavy atom. The summed E-state index contributed by atoms with van der Waals surface area (Å²) in [5.74, 6) is 1.16. The third-order valence-corrected chi connectivity index (χ3v) is 8.82. The van der Waals surface area contributed by atoms with E-state index < -0.39 is 7.12 Å². The second kappa shape index (κ2) is 11.8. The SMILES string of the molecule is CCCCCCCCCC(=O)NCC(=O)N[C@@H](CC(C)C)B1O[C@@H]2C[C@H]3C[C@H](C3(C)C)[C@]2(C)O1. The van der Waals surface area contributed by atoms with E-state index in [-0.39, 0.29) is 36.0 Å². The van der Waals surface area contributed by atoms with Crippen molar-refractivity contribution < 1.29 is 18.9 Å². The van der Waals surface area contributed by atoms with Crippen molar-refractivity contribution >= 4 is 18.9 Å². The minimum absolute atomic E-state index is 0.00900. The average Bonchev–Trinajstić information content (AvgIpc) is 3.13. The van der Waals surface area contributed by atoms with Crippen molar-refractivity contribution in [2.45, 2.75) is 130 Å². The molecule has 5 atom stereocenters. The molecule has 0 aromatic carbocycles. The molecule has 0 aromatic heterocycles. The molecule has 6 nitrogen and oxygen atoms in total. The fourth-order valence-electron chi connectivity index (χ4n) is 6.58. The maximum atomic E-state index is 12.7. The molecule has 4 aliphatic rings. The highest BCUT2D eigenvalue weighted by Gasteiger charge is 2.68. The Labute approximate surface area is 208 Å². The van der Waals surface area contributed by atoms with Crippen LogP contribution in [0.3, 0.4) is 0 Å². The summed E-state index contributed by atoms with van der Waals surface area (Å²) in [6.07, 6.45) is 11.8. The summed E-state index contributed by atoms with van der Waals surface area (Å²) < 4.78 is 13.0. The number of amides is 2. The highest BCUT2D eigenvalue weighted by molar-refractivity contribution is 6.47. The van der Waals surface area contributed by atoms with Crippen LogP contribution in [0.25, 0.3) is 0 Å². The Bertz CT molecular complexity index is 700. The lowest BCUT2D eigenvalue weighted by atomic mass is 9.43. The van der Waals surface area contributed by atoms with E-state index in [2.05, 4.69) is 52.2 Å². The monoisotopic (exact) mass is 476 g/mol. The van der Waals surface area contributed by atoms with Crippen molar-refractivity contribution in [3.63, 3.8) is 0 Å². The Balaban J connectivity index is 1.43. The van der Waals surface area contributed by atoms with E-state index in [4.69, 9.17) is 9.31 Å². The lowest BCUT2D eigenvalue weighted by molar-refractivity contribution is -0.199. The summed E-state index contributed by atoms with van der Waals surface area (Å²) in [5, 5.41) is 5.91. The molecule has 4 fully saturated rings. The molecule has 1 aliphatic heterocycles. The smallest absolute Gasteiger partial charge is 0.404 e. The van der Waals surface area contributed by atoms with E-state index in [0.29, 0.717) is 29.6 Å². The molecule has 0 unspecified atom stereocenters. The van der Waals surface area contributed by atoms with Crippen LogP contribution in [0.1, 0.15) is 112 Å². The van der Waals surface area contributed by atoms with Gasteiger partial charge in [-0.3, -0.25) is 9.59 Å². The molecule has 1 heterocycles. The molecule has 0 spiro atoms. The fraction of sp³-hybridized carbons (Fsp3) is 0.926. The fourth-order valence-corrected chi connectivity index (χ4v) is 6.58. The number of carbonyl (C=O) groups is 2. The van der Waals surface area contributed by atoms with Gasteiger partial charge in [-0.1, -0.05) is 73.1 Å². The number of nitrogens with one attached hydrogen (secondary N) is 2. The summed E-state index contributed by atoms with van der Waals surface area (Å²) in [7, 11) is -0.431. The molecule has 0 aromatic rings. The molecule has 2 amide bonds. The van der Waals surface area contributed by atoms with Gasteiger partial charge in [-0.15, -0.1) is 0 Å². The topological polar surface area (TPSA) is 76.7 Å². The molecule has 3 aliphatic carbocycles. The van der Waals surface area contributed by atoms with Crippen LogP contribution in [-0.2, 0) is 18.9 Å². The molecule has 2 bridgehead atoms. The van der Waals surface area contributed by atoms with Crippen molar-refractivity contribution in [2.24, 2.45) is 23.2 Å². The number of hydrogen-bond acceptors (Lipinski definition) is 4. The van der Waals surface area contributed by atoms with E-state index >= 15 is 0 Å². The summed E-state index contributed by atoms with van der Waals surface area (Å²) in [4.78, 5) is 24.9. The maximum Gasteiger partial charge on any atom is 0.481 e. The predicted octanol–water partition coefficient (Wildman–Crippen LogP) is 5.04. The van der Waals surface area contributed by atoms with Gasteiger partial charge in [0.05, 0.1) is 24.2 Å². The van der Waals surface area contributed by atoms with Gasteiger partial charge in [0.2, 0.25) is 11.8 Å². The van der Waals surface area contributed by atoms with Crippen LogP contribution >= 0.6 is 0 Å². The van der Waals surface area contributed by atoms with Crippen molar-refractivity contribution in [3.05, 3.63) is 0 Å². The van der Waals surface area contributed by atoms with Gasteiger partial charge < -0.3 is 19.9 Å². The molecule has 3 saturated carbocycles. The van der Waals surface area contributed by atoms with Gasteiger partial charge in [0.1, 0.15) is 0 Å². The van der Waals surface area contributed by atoms with E-state index in [1.807, 2.05) is 0 Å². The summed E-state index contributed by atoms with van der Waals surface area (Å²) in [6, 6.07) is 0. The average molecular weight is 477 g/mol. The molecule has 2 N–H and O–H groups in total. The van der Waals surface area contributed by atoms with Gasteiger partial charge in [0, 0.05) is 6.42 Å². The molecule has 1 saturated heterocycles. The van der Waals surface area contributed by atoms with Crippen LogP contribution in [0.5, 0.6) is 0 Å². The minimum Gasteiger partial charge on any atom is -0.404 e. The highest BCUT2D eigenvalue weighted by atomic mass is 16.7. The molecular formula is C27H49BN2O4. The zero-order valence-corrected chi connectivity index (χ0v) is 22.6. The van der Waals surface area contributed by atoms with Gasteiger partial charge in [0.15, 0.2) is 0 Å². The van der Waals surface area contributed by atoms with Crippen LogP contribution in [-0.4, -0.2) is 43.1 Å². The quantitative estimate of drug-likeness (QED) is 0.272. The number of carbonyl (C=O) groups excluding carboxylic acids is 2. The summed E-state index contributed by atoms with van der Waals surface area (Å²) in [6.45, 7) is 13.4. The summed E-state index contributed by atoms with van der Waals surface area (Å²) in [5.41, 5.74) is 0.00765. The van der Waals surface area contributed by atoms with Gasteiger partial charge >= 0.3 is 7.12 Å². The van der Waals surface area contributed by atoms with Crippen molar-refractivity contribution in [2.75, 3.05) is 6.54 Å². The van der Waals surface area contributed by atoms with E-state index in [1.165, 1.54) is 38.5 Å². The second-order valence-corrected chi connectivity index (χ2v) is 12.3. The second-order valence-electron chi connectivity index (χ2n) is 12.3. The van der Waals surface area contributed by atoms with Crippen molar-refractivity contribution in [1.82, 2.24) is 10.6 Å². The summed E-state index contributed by atoms with van der Waals surface area (Å²) >= 11 is 0. The molecule has 34 heavy (non-hydrogen) atoms. The molecule has 194 valence electrons. The first kappa shape index (κ1) is 27.5. The van der Waals surface area contributed by atoms with Crippen molar-refractivity contribution in [3.8, 4) is 0 Å². The van der Waals surface area contributed by atoms with Crippen molar-refractivity contribution in [1.29, 1.82) is 0 Å². The Morgan fingerprint density at radius 1 is 1.00 bits per heavy atom. The first-order valence-electron chi connectivity index (χ1n) is 14.0. The van der Waals surface area contributed by atoms with Crippen LogP contribution in [0.2, 0.25) is 0 Å². The molecule has 7 heteroatoms. The van der Waals surface area contributed by atoms with E-state index in [1.54, 1.807) is 0 Å². The highest BCUT2D eigenvalue weighted by Crippen LogP contribution is 2.65. The number of unbranched alkanes of at least 4 members (excludes halogenated alkanes) is 6. The maximum absolute atomic E-state index is 12.7. The minimum atomic E-state index is -0.431. The predicted molar refractivity (Wildman–Crippen MR) is 137 cm³/mol. The van der Waals surface area contributed by atoms with E-state index in [9.17, 15) is 9.59 Å². The first-order chi connectivity index (χ1) is 16.1. The standard InChI is InChI=1S/C27H49BN2O4/c1-7-8-9-10-11-12-13-14-24(31)29-18-25(32)30-23(15-19(2)3)28-33-22-17-20-16-21(26(20,4)5)27(22,6)34-28/h19-23H,7-18H2,1-6H3,(H,29,31)(H,30,32)/t20-,21-,22-,23+,27+/m1/s1. The Morgan fingerprint density at radius 2 is 1.68 bits per heavy atom. The van der Waals surface area contributed by atoms with E-state index in [0.717, 1.165) is 25.7 Å². The largest absolute Gasteiger partial charge is 0.481 e. The molecule has 4 rings (SSSR count). The molecule has 0 radical (unpaired) electrons. The zero-order chi connectivity index (χ0) is 24.9. The third kappa shape index (κ3) is 6.37. The first-order valence-corrected chi connectivity index (χ1v) is 14.0. The van der Waals surface area contributed by atoms with Gasteiger partial charge in [0.25, 0.3) is 0 Å². The van der Waals surface area contributed by atoms with Crippen LogP contribution in [0, 0.1) is 23.2 Å². The molecular weight excluding hydrogens is 427 g/mol. The lowest BCUT2D eigenvalue weighted by Gasteiger charge is -2.64. The van der Waals surface area contributed by atoms with Gasteiger partial charge in [-0.2, -0.15) is 0 Å². The zero-order valence-electron chi connectivity index (χ0n) is 22.6. The van der Waals surface area contributed by atoms with Gasteiger partial charge in [-0.25, -0.2) is 0 Å². The van der Waals surface area contributed by atoms with Crippen LogP contribution in [0.15, 0.2) is 0 Å². The number of rotatable bonds is 14. The van der Waals surface area contributed by atoms with Gasteiger partial charge in [-0.05, 0) is 55.8 Å².